The minimum Gasteiger partial charge on any atom is -0.348 e. The van der Waals surface area contributed by atoms with Crippen molar-refractivity contribution in [3.8, 4) is 0 Å². The summed E-state index contributed by atoms with van der Waals surface area (Å²) < 4.78 is 0. The van der Waals surface area contributed by atoms with Gasteiger partial charge in [0.1, 0.15) is 0 Å². The van der Waals surface area contributed by atoms with Crippen molar-refractivity contribution in [1.82, 2.24) is 9.97 Å². The van der Waals surface area contributed by atoms with Crippen molar-refractivity contribution < 1.29 is 0 Å². The molecule has 1 heterocycles. The number of H-pyrrole nitrogens is 1. The van der Waals surface area contributed by atoms with Gasteiger partial charge in [0.25, 0.3) is 0 Å². The van der Waals surface area contributed by atoms with Gasteiger partial charge in [-0.05, 0) is 37.0 Å². The van der Waals surface area contributed by atoms with Crippen LogP contribution in [0.5, 0.6) is 0 Å². The normalized spacial score (nSPS) is 11.7. The fourth-order valence-electron chi connectivity index (χ4n) is 2.84. The lowest BCUT2D eigenvalue weighted by Crippen LogP contribution is -2.07. The lowest BCUT2D eigenvalue weighted by atomic mass is 9.84. The van der Waals surface area contributed by atoms with E-state index in [1.165, 1.54) is 27.9 Å². The van der Waals surface area contributed by atoms with Crippen molar-refractivity contribution in [1.29, 1.82) is 0 Å². The number of benzene rings is 2. The van der Waals surface area contributed by atoms with Gasteiger partial charge in [-0.25, -0.2) is 4.98 Å². The van der Waals surface area contributed by atoms with Gasteiger partial charge < -0.3 is 4.98 Å². The van der Waals surface area contributed by atoms with Crippen molar-refractivity contribution in [2.24, 2.45) is 0 Å². The monoisotopic (exact) mass is 312 g/mol. The largest absolute Gasteiger partial charge is 0.348 e. The highest BCUT2D eigenvalue weighted by atomic mass is 35.5. The predicted octanol–water partition coefficient (Wildman–Crippen LogP) is 4.82. The van der Waals surface area contributed by atoms with Crippen molar-refractivity contribution in [2.75, 3.05) is 0 Å². The van der Waals surface area contributed by atoms with E-state index in [9.17, 15) is 0 Å². The number of nitrogens with zero attached hydrogens (tertiary/aromatic N) is 1. The second-order valence-electron chi connectivity index (χ2n) is 5.60. The summed E-state index contributed by atoms with van der Waals surface area (Å²) in [6, 6.07) is 17.4. The molecule has 22 heavy (non-hydrogen) atoms. The van der Waals surface area contributed by atoms with Crippen LogP contribution < -0.4 is 0 Å². The van der Waals surface area contributed by atoms with Crippen LogP contribution in [0.2, 0.25) is 0 Å². The van der Waals surface area contributed by atoms with Crippen LogP contribution in [-0.2, 0) is 6.42 Å². The van der Waals surface area contributed by atoms with Crippen LogP contribution >= 0.6 is 12.4 Å². The smallest absolute Gasteiger partial charge is 0.0921 e. The third-order valence-corrected chi connectivity index (χ3v) is 3.99. The Morgan fingerprint density at radius 2 is 1.82 bits per heavy atom. The van der Waals surface area contributed by atoms with Gasteiger partial charge in [-0.1, -0.05) is 54.1 Å². The van der Waals surface area contributed by atoms with E-state index in [1.54, 1.807) is 6.33 Å². The molecule has 1 unspecified atom stereocenters. The van der Waals surface area contributed by atoms with Crippen molar-refractivity contribution in [3.63, 3.8) is 0 Å². The van der Waals surface area contributed by atoms with E-state index in [4.69, 9.17) is 0 Å². The summed E-state index contributed by atoms with van der Waals surface area (Å²) in [5.41, 5.74) is 6.57. The molecule has 114 valence electrons. The minimum atomic E-state index is 0. The second kappa shape index (κ2) is 7.28. The lowest BCUT2D eigenvalue weighted by Gasteiger charge is -2.20. The third kappa shape index (κ3) is 3.58. The summed E-state index contributed by atoms with van der Waals surface area (Å²) in [6.07, 6.45) is 4.61. The molecule has 0 aliphatic carbocycles. The number of hydrogen-bond acceptors (Lipinski definition) is 1. The van der Waals surface area contributed by atoms with Crippen molar-refractivity contribution in [2.45, 2.75) is 26.2 Å². The van der Waals surface area contributed by atoms with E-state index in [2.05, 4.69) is 72.3 Å². The molecule has 3 heteroatoms. The highest BCUT2D eigenvalue weighted by Crippen LogP contribution is 2.30. The Hall–Kier alpha value is -2.06. The van der Waals surface area contributed by atoms with Crippen LogP contribution in [0, 0.1) is 13.8 Å². The summed E-state index contributed by atoms with van der Waals surface area (Å²) in [5.74, 6) is 0.353. The van der Waals surface area contributed by atoms with E-state index in [-0.39, 0.29) is 12.4 Å². The molecule has 0 amide bonds. The molecular weight excluding hydrogens is 292 g/mol. The number of aryl methyl sites for hydroxylation is 2. The number of aromatic amines is 1. The predicted molar refractivity (Wildman–Crippen MR) is 93.7 cm³/mol. The molecular formula is C19H21ClN2. The molecule has 1 aromatic heterocycles. The van der Waals surface area contributed by atoms with Gasteiger partial charge in [0.05, 0.1) is 6.33 Å². The van der Waals surface area contributed by atoms with Crippen LogP contribution in [-0.4, -0.2) is 9.97 Å². The van der Waals surface area contributed by atoms with Crippen LogP contribution in [0.25, 0.3) is 0 Å². The second-order valence-corrected chi connectivity index (χ2v) is 5.60. The highest BCUT2D eigenvalue weighted by Gasteiger charge is 2.17. The average Bonchev–Trinajstić information content (AvgIpc) is 3.01. The first-order valence-corrected chi connectivity index (χ1v) is 7.33. The first-order valence-electron chi connectivity index (χ1n) is 7.33. The minimum absolute atomic E-state index is 0. The Bertz CT molecular complexity index is 706. The molecule has 2 aromatic carbocycles. The zero-order valence-corrected chi connectivity index (χ0v) is 13.7. The van der Waals surface area contributed by atoms with Crippen LogP contribution in [0.1, 0.15) is 33.9 Å². The van der Waals surface area contributed by atoms with Gasteiger partial charge in [0, 0.05) is 17.8 Å². The zero-order chi connectivity index (χ0) is 14.7. The van der Waals surface area contributed by atoms with Gasteiger partial charge in [0.2, 0.25) is 0 Å². The average molecular weight is 313 g/mol. The summed E-state index contributed by atoms with van der Waals surface area (Å²) in [6.45, 7) is 4.35. The Morgan fingerprint density at radius 3 is 2.50 bits per heavy atom. The summed E-state index contributed by atoms with van der Waals surface area (Å²) >= 11 is 0. The zero-order valence-electron chi connectivity index (χ0n) is 12.9. The molecule has 0 saturated carbocycles. The lowest BCUT2D eigenvalue weighted by molar-refractivity contribution is 0.780. The number of halogens is 1. The summed E-state index contributed by atoms with van der Waals surface area (Å²) in [7, 11) is 0. The number of rotatable bonds is 4. The molecule has 0 bridgehead atoms. The van der Waals surface area contributed by atoms with Gasteiger partial charge in [-0.2, -0.15) is 0 Å². The molecule has 0 aliphatic heterocycles. The van der Waals surface area contributed by atoms with Crippen LogP contribution in [0.3, 0.4) is 0 Å². The Kier molecular flexibility index (Phi) is 5.40. The fraction of sp³-hybridized carbons (Fsp3) is 0.211. The fourth-order valence-corrected chi connectivity index (χ4v) is 2.84. The summed E-state index contributed by atoms with van der Waals surface area (Å²) in [5, 5.41) is 0. The van der Waals surface area contributed by atoms with E-state index < -0.39 is 0 Å². The molecule has 3 aromatic rings. The standard InChI is InChI=1S/C19H20N2.ClH/c1-14-8-9-15(2)18(10-14)19(11-17-12-20-13-21-17)16-6-4-3-5-7-16;/h3-10,12-13,19H,11H2,1-2H3,(H,20,21);1H. The molecule has 3 rings (SSSR count). The highest BCUT2D eigenvalue weighted by molar-refractivity contribution is 5.85. The molecule has 1 N–H and O–H groups in total. The first-order chi connectivity index (χ1) is 10.2. The van der Waals surface area contributed by atoms with Crippen molar-refractivity contribution in [3.05, 3.63) is 89.0 Å². The van der Waals surface area contributed by atoms with E-state index >= 15 is 0 Å². The maximum absolute atomic E-state index is 4.15. The van der Waals surface area contributed by atoms with Crippen LogP contribution in [0.4, 0.5) is 0 Å². The van der Waals surface area contributed by atoms with Crippen LogP contribution in [0.15, 0.2) is 61.1 Å². The quantitative estimate of drug-likeness (QED) is 0.735. The Morgan fingerprint density at radius 1 is 1.05 bits per heavy atom. The maximum Gasteiger partial charge on any atom is 0.0921 e. The number of nitrogens with one attached hydrogen (secondary N) is 1. The number of aromatic nitrogens is 2. The third-order valence-electron chi connectivity index (χ3n) is 3.99. The summed E-state index contributed by atoms with van der Waals surface area (Å²) in [4.78, 5) is 7.38. The maximum atomic E-state index is 4.15. The topological polar surface area (TPSA) is 28.7 Å². The number of hydrogen-bond donors (Lipinski definition) is 1. The molecule has 1 atom stereocenters. The number of imidazole rings is 1. The molecule has 0 fully saturated rings. The van der Waals surface area contributed by atoms with E-state index in [0.29, 0.717) is 5.92 Å². The molecule has 2 nitrogen and oxygen atoms in total. The van der Waals surface area contributed by atoms with Crippen molar-refractivity contribution >= 4 is 12.4 Å². The van der Waals surface area contributed by atoms with Gasteiger partial charge >= 0.3 is 0 Å². The van der Waals surface area contributed by atoms with Gasteiger partial charge in [-0.3, -0.25) is 0 Å². The Labute approximate surface area is 138 Å². The van der Waals surface area contributed by atoms with E-state index in [0.717, 1.165) is 6.42 Å². The SMILES string of the molecule is Cc1ccc(C)c(C(Cc2cnc[nH]2)c2ccccc2)c1.Cl. The first kappa shape index (κ1) is 16.3. The molecule has 0 saturated heterocycles. The Balaban J connectivity index is 0.00000176. The van der Waals surface area contributed by atoms with Gasteiger partial charge in [0.15, 0.2) is 0 Å². The van der Waals surface area contributed by atoms with E-state index in [1.807, 2.05) is 6.20 Å². The van der Waals surface area contributed by atoms with Gasteiger partial charge in [-0.15, -0.1) is 12.4 Å². The molecule has 0 aliphatic rings. The molecule has 0 radical (unpaired) electrons. The molecule has 0 spiro atoms.